The summed E-state index contributed by atoms with van der Waals surface area (Å²) in [6.45, 7) is 8.59. The maximum atomic E-state index is 12.4. The predicted molar refractivity (Wildman–Crippen MR) is 112 cm³/mol. The second-order valence-electron chi connectivity index (χ2n) is 6.55. The Bertz CT molecular complexity index is 1070. The van der Waals surface area contributed by atoms with Crippen LogP contribution < -0.4 is 5.32 Å². The van der Waals surface area contributed by atoms with Crippen LogP contribution in [0.1, 0.15) is 41.2 Å². The van der Waals surface area contributed by atoms with Gasteiger partial charge in [0.1, 0.15) is 6.33 Å². The van der Waals surface area contributed by atoms with Crippen molar-refractivity contribution in [3.05, 3.63) is 59.2 Å². The molecule has 3 aromatic rings. The van der Waals surface area contributed by atoms with Crippen molar-refractivity contribution in [1.82, 2.24) is 24.8 Å². The molecule has 1 N–H and O–H groups in total. The largest absolute Gasteiger partial charge is 0.462 e. The molecule has 0 spiro atoms. The summed E-state index contributed by atoms with van der Waals surface area (Å²) in [5.74, 6) is -0.690. The maximum absolute atomic E-state index is 12.4. The normalized spacial score (nSPS) is 11.1. The fraction of sp³-hybridized carbons (Fsp3) is 0.286. The van der Waals surface area contributed by atoms with E-state index in [0.717, 1.165) is 23.6 Å². The number of carbonyl (C=O) groups excluding carboxylic acids is 2. The molecule has 3 rings (SSSR count). The summed E-state index contributed by atoms with van der Waals surface area (Å²) >= 11 is 0. The van der Waals surface area contributed by atoms with Gasteiger partial charge in [0.05, 0.1) is 17.9 Å². The van der Waals surface area contributed by atoms with Gasteiger partial charge in [0.2, 0.25) is 5.91 Å². The number of nitrogens with one attached hydrogen (secondary N) is 1. The first-order chi connectivity index (χ1) is 14.5. The Kier molecular flexibility index (Phi) is 6.41. The molecule has 0 unspecified atom stereocenters. The van der Waals surface area contributed by atoms with Gasteiger partial charge in [-0.3, -0.25) is 4.79 Å². The molecule has 0 aliphatic rings. The van der Waals surface area contributed by atoms with E-state index in [-0.39, 0.29) is 11.9 Å². The highest BCUT2D eigenvalue weighted by atomic mass is 16.5. The van der Waals surface area contributed by atoms with Gasteiger partial charge in [0, 0.05) is 35.3 Å². The molecule has 9 heteroatoms. The van der Waals surface area contributed by atoms with E-state index in [1.54, 1.807) is 37.3 Å². The molecule has 0 aliphatic carbocycles. The van der Waals surface area contributed by atoms with E-state index in [1.807, 2.05) is 25.3 Å². The first-order valence-electron chi connectivity index (χ1n) is 9.65. The zero-order chi connectivity index (χ0) is 21.7. The number of tetrazole rings is 1. The quantitative estimate of drug-likeness (QED) is 0.476. The van der Waals surface area contributed by atoms with E-state index in [0.29, 0.717) is 23.4 Å². The van der Waals surface area contributed by atoms with Crippen molar-refractivity contribution in [3.63, 3.8) is 0 Å². The highest BCUT2D eigenvalue weighted by Crippen LogP contribution is 2.25. The van der Waals surface area contributed by atoms with Gasteiger partial charge in [-0.05, 0) is 68.5 Å². The van der Waals surface area contributed by atoms with Crippen LogP contribution >= 0.6 is 0 Å². The highest BCUT2D eigenvalue weighted by molar-refractivity contribution is 6.04. The van der Waals surface area contributed by atoms with Crippen molar-refractivity contribution in [2.24, 2.45) is 0 Å². The number of benzene rings is 1. The molecular formula is C21H24N6O3. The molecule has 1 aromatic carbocycles. The standard InChI is InChI=1S/C21H24N6O3/c1-5-26-14(3)18(20(15(26)4)21(29)30-6-2)11-12-19(28)23-16-7-9-17(10-8-16)27-13-22-24-25-27/h7-13H,5-6H2,1-4H3,(H,23,28)/b12-11+. The average Bonchev–Trinajstić information content (AvgIpc) is 3.34. The molecule has 0 aliphatic heterocycles. The minimum Gasteiger partial charge on any atom is -0.462 e. The Labute approximate surface area is 174 Å². The second-order valence-corrected chi connectivity index (χ2v) is 6.55. The van der Waals surface area contributed by atoms with Crippen LogP contribution in [-0.2, 0) is 16.1 Å². The van der Waals surface area contributed by atoms with Gasteiger partial charge in [0.25, 0.3) is 0 Å². The number of hydrogen-bond donors (Lipinski definition) is 1. The van der Waals surface area contributed by atoms with Gasteiger partial charge in [0.15, 0.2) is 0 Å². The minimum atomic E-state index is -0.386. The molecule has 1 amide bonds. The molecule has 0 bridgehead atoms. The summed E-state index contributed by atoms with van der Waals surface area (Å²) < 4.78 is 8.75. The average molecular weight is 408 g/mol. The number of aromatic nitrogens is 5. The lowest BCUT2D eigenvalue weighted by atomic mass is 10.1. The summed E-state index contributed by atoms with van der Waals surface area (Å²) in [6, 6.07) is 7.11. The van der Waals surface area contributed by atoms with Crippen molar-refractivity contribution < 1.29 is 14.3 Å². The molecular weight excluding hydrogens is 384 g/mol. The number of esters is 1. The molecule has 156 valence electrons. The van der Waals surface area contributed by atoms with E-state index in [9.17, 15) is 9.59 Å². The number of carbonyl (C=O) groups is 2. The van der Waals surface area contributed by atoms with Gasteiger partial charge in [-0.15, -0.1) is 5.10 Å². The van der Waals surface area contributed by atoms with Crippen molar-refractivity contribution in [1.29, 1.82) is 0 Å². The van der Waals surface area contributed by atoms with Crippen molar-refractivity contribution in [3.8, 4) is 5.69 Å². The molecule has 9 nitrogen and oxygen atoms in total. The van der Waals surface area contributed by atoms with Crippen LogP contribution in [0.4, 0.5) is 5.69 Å². The highest BCUT2D eigenvalue weighted by Gasteiger charge is 2.22. The van der Waals surface area contributed by atoms with Gasteiger partial charge >= 0.3 is 5.97 Å². The smallest absolute Gasteiger partial charge is 0.340 e. The molecule has 30 heavy (non-hydrogen) atoms. The summed E-state index contributed by atoms with van der Waals surface area (Å²) in [6.07, 6.45) is 4.56. The van der Waals surface area contributed by atoms with Crippen LogP contribution in [0, 0.1) is 13.8 Å². The summed E-state index contributed by atoms with van der Waals surface area (Å²) in [4.78, 5) is 24.9. The maximum Gasteiger partial charge on any atom is 0.340 e. The Morgan fingerprint density at radius 1 is 1.13 bits per heavy atom. The fourth-order valence-electron chi connectivity index (χ4n) is 3.37. The molecule has 0 radical (unpaired) electrons. The third-order valence-corrected chi connectivity index (χ3v) is 4.78. The molecule has 0 saturated heterocycles. The molecule has 0 fully saturated rings. The SMILES string of the molecule is CCOC(=O)c1c(/C=C/C(=O)Nc2ccc(-n3cnnn3)cc2)c(C)n(CC)c1C. The van der Waals surface area contributed by atoms with Crippen LogP contribution in [0.25, 0.3) is 11.8 Å². The first kappa shape index (κ1) is 21.0. The van der Waals surface area contributed by atoms with Gasteiger partial charge in [-0.2, -0.15) is 0 Å². The topological polar surface area (TPSA) is 104 Å². The zero-order valence-corrected chi connectivity index (χ0v) is 17.4. The van der Waals surface area contributed by atoms with Crippen molar-refractivity contribution in [2.75, 3.05) is 11.9 Å². The number of ether oxygens (including phenoxy) is 1. The number of rotatable bonds is 7. The van der Waals surface area contributed by atoms with Gasteiger partial charge in [-0.1, -0.05) is 0 Å². The van der Waals surface area contributed by atoms with Gasteiger partial charge < -0.3 is 14.6 Å². The van der Waals surface area contributed by atoms with Crippen molar-refractivity contribution >= 4 is 23.6 Å². The third kappa shape index (κ3) is 4.29. The number of hydrogen-bond acceptors (Lipinski definition) is 6. The molecule has 0 saturated carbocycles. The zero-order valence-electron chi connectivity index (χ0n) is 17.4. The van der Waals surface area contributed by atoms with Crippen LogP contribution in [0.15, 0.2) is 36.7 Å². The Balaban J connectivity index is 1.78. The number of nitrogens with zero attached hydrogens (tertiary/aromatic N) is 5. The molecule has 2 aromatic heterocycles. The Hall–Kier alpha value is -3.75. The predicted octanol–water partition coefficient (Wildman–Crippen LogP) is 2.93. The van der Waals surface area contributed by atoms with Gasteiger partial charge in [-0.25, -0.2) is 9.48 Å². The first-order valence-corrected chi connectivity index (χ1v) is 9.65. The van der Waals surface area contributed by atoms with E-state index in [1.165, 1.54) is 17.1 Å². The third-order valence-electron chi connectivity index (χ3n) is 4.78. The lowest BCUT2D eigenvalue weighted by Gasteiger charge is -2.05. The number of anilines is 1. The fourth-order valence-corrected chi connectivity index (χ4v) is 3.37. The van der Waals surface area contributed by atoms with E-state index < -0.39 is 0 Å². The van der Waals surface area contributed by atoms with Crippen LogP contribution in [0.3, 0.4) is 0 Å². The van der Waals surface area contributed by atoms with Crippen LogP contribution in [-0.4, -0.2) is 43.3 Å². The summed E-state index contributed by atoms with van der Waals surface area (Å²) in [5.41, 5.74) is 4.33. The van der Waals surface area contributed by atoms with Crippen LogP contribution in [0.2, 0.25) is 0 Å². The lowest BCUT2D eigenvalue weighted by molar-refractivity contribution is -0.111. The minimum absolute atomic E-state index is 0.291. The lowest BCUT2D eigenvalue weighted by Crippen LogP contribution is -2.09. The molecule has 0 atom stereocenters. The Morgan fingerprint density at radius 2 is 1.87 bits per heavy atom. The molecule has 2 heterocycles. The summed E-state index contributed by atoms with van der Waals surface area (Å²) in [5, 5.41) is 13.8. The van der Waals surface area contributed by atoms with E-state index >= 15 is 0 Å². The number of amides is 1. The monoisotopic (exact) mass is 408 g/mol. The van der Waals surface area contributed by atoms with E-state index in [2.05, 4.69) is 20.8 Å². The summed E-state index contributed by atoms with van der Waals surface area (Å²) in [7, 11) is 0. The van der Waals surface area contributed by atoms with Crippen LogP contribution in [0.5, 0.6) is 0 Å². The van der Waals surface area contributed by atoms with E-state index in [4.69, 9.17) is 4.74 Å². The Morgan fingerprint density at radius 3 is 2.47 bits per heavy atom. The van der Waals surface area contributed by atoms with Crippen molar-refractivity contribution in [2.45, 2.75) is 34.2 Å². The second kappa shape index (κ2) is 9.17.